The van der Waals surface area contributed by atoms with E-state index in [1.54, 1.807) is 24.3 Å². The van der Waals surface area contributed by atoms with E-state index in [9.17, 15) is 13.2 Å². The number of hydrogen-bond donors (Lipinski definition) is 3. The second-order valence-corrected chi connectivity index (χ2v) is 6.34. The normalized spacial score (nSPS) is 12.9. The average molecular weight is 299 g/mol. The summed E-state index contributed by atoms with van der Waals surface area (Å²) in [5.41, 5.74) is 6.62. The highest BCUT2D eigenvalue weighted by Crippen LogP contribution is 2.09. The molecule has 1 aromatic rings. The lowest BCUT2D eigenvalue weighted by Gasteiger charge is -2.10. The van der Waals surface area contributed by atoms with Crippen LogP contribution in [0, 0.1) is 6.92 Å². The third-order valence-electron chi connectivity index (χ3n) is 2.90. The van der Waals surface area contributed by atoms with Gasteiger partial charge in [0.05, 0.1) is 10.9 Å². The summed E-state index contributed by atoms with van der Waals surface area (Å²) in [6.45, 7) is 2.14. The Bertz CT molecular complexity index is 540. The minimum Gasteiger partial charge on any atom is -0.358 e. The Hall–Kier alpha value is -1.44. The van der Waals surface area contributed by atoms with Gasteiger partial charge < -0.3 is 11.1 Å². The molecule has 112 valence electrons. The summed E-state index contributed by atoms with van der Waals surface area (Å²) in [5.74, 6) is -0.244. The van der Waals surface area contributed by atoms with Gasteiger partial charge in [-0.25, -0.2) is 13.1 Å². The number of benzene rings is 1. The average Bonchev–Trinajstić information content (AvgIpc) is 2.43. The number of hydrogen-bond acceptors (Lipinski definition) is 4. The van der Waals surface area contributed by atoms with Gasteiger partial charge in [-0.15, -0.1) is 0 Å². The molecule has 6 nitrogen and oxygen atoms in total. The molecule has 0 aliphatic heterocycles. The van der Waals surface area contributed by atoms with Gasteiger partial charge in [-0.2, -0.15) is 0 Å². The predicted octanol–water partition coefficient (Wildman–Crippen LogP) is 0.127. The monoisotopic (exact) mass is 299 g/mol. The zero-order chi connectivity index (χ0) is 15.2. The molecule has 0 saturated carbocycles. The van der Waals surface area contributed by atoms with E-state index < -0.39 is 16.1 Å². The molecule has 0 heterocycles. The van der Waals surface area contributed by atoms with Gasteiger partial charge in [-0.1, -0.05) is 17.7 Å². The van der Waals surface area contributed by atoms with Crippen LogP contribution in [0.1, 0.15) is 18.4 Å². The molecule has 0 aliphatic rings. The van der Waals surface area contributed by atoms with Crippen molar-refractivity contribution in [1.29, 1.82) is 0 Å². The Labute approximate surface area is 119 Å². The Morgan fingerprint density at radius 1 is 1.30 bits per heavy atom. The van der Waals surface area contributed by atoms with E-state index in [2.05, 4.69) is 10.0 Å². The molecule has 0 spiro atoms. The standard InChI is InChI=1S/C13H21N3O3S/c1-10-5-7-11(8-6-10)20(18,19)16-9-3-4-12(14)13(17)15-2/h5-8,12,16H,3-4,9,14H2,1-2H3,(H,15,17)/t12-/m0/s1. The molecule has 0 aromatic heterocycles. The van der Waals surface area contributed by atoms with E-state index >= 15 is 0 Å². The number of carbonyl (C=O) groups excluding carboxylic acids is 1. The van der Waals surface area contributed by atoms with Gasteiger partial charge in [0.1, 0.15) is 0 Å². The highest BCUT2D eigenvalue weighted by atomic mass is 32.2. The largest absolute Gasteiger partial charge is 0.358 e. The maximum absolute atomic E-state index is 12.0. The fourth-order valence-electron chi connectivity index (χ4n) is 1.65. The summed E-state index contributed by atoms with van der Waals surface area (Å²) in [7, 11) is -1.98. The Morgan fingerprint density at radius 3 is 2.45 bits per heavy atom. The van der Waals surface area contributed by atoms with Crippen molar-refractivity contribution in [2.45, 2.75) is 30.7 Å². The van der Waals surface area contributed by atoms with Crippen LogP contribution in [0.25, 0.3) is 0 Å². The van der Waals surface area contributed by atoms with Gasteiger partial charge in [0.15, 0.2) is 0 Å². The van der Waals surface area contributed by atoms with Gasteiger partial charge in [0.25, 0.3) is 0 Å². The van der Waals surface area contributed by atoms with Crippen molar-refractivity contribution < 1.29 is 13.2 Å². The van der Waals surface area contributed by atoms with Crippen LogP contribution in [0.2, 0.25) is 0 Å². The SMILES string of the molecule is CNC(=O)[C@@H](N)CCCNS(=O)(=O)c1ccc(C)cc1. The first-order chi connectivity index (χ1) is 9.36. The molecule has 0 fully saturated rings. The second kappa shape index (κ2) is 7.37. The highest BCUT2D eigenvalue weighted by molar-refractivity contribution is 7.89. The van der Waals surface area contributed by atoms with Crippen molar-refractivity contribution >= 4 is 15.9 Å². The van der Waals surface area contributed by atoms with E-state index in [4.69, 9.17) is 5.73 Å². The highest BCUT2D eigenvalue weighted by Gasteiger charge is 2.14. The lowest BCUT2D eigenvalue weighted by atomic mass is 10.1. The second-order valence-electron chi connectivity index (χ2n) is 4.57. The maximum Gasteiger partial charge on any atom is 0.240 e. The Balaban J connectivity index is 2.45. The molecular weight excluding hydrogens is 278 g/mol. The van der Waals surface area contributed by atoms with Crippen LogP contribution in [0.3, 0.4) is 0 Å². The third-order valence-corrected chi connectivity index (χ3v) is 4.38. The number of aryl methyl sites for hydroxylation is 1. The summed E-state index contributed by atoms with van der Waals surface area (Å²) in [6.07, 6.45) is 0.926. The number of nitrogens with one attached hydrogen (secondary N) is 2. The molecule has 0 saturated heterocycles. The van der Waals surface area contributed by atoms with Gasteiger partial charge >= 0.3 is 0 Å². The first kappa shape index (κ1) is 16.6. The molecular formula is C13H21N3O3S. The quantitative estimate of drug-likeness (QED) is 0.623. The van der Waals surface area contributed by atoms with Crippen LogP contribution >= 0.6 is 0 Å². The molecule has 0 bridgehead atoms. The lowest BCUT2D eigenvalue weighted by Crippen LogP contribution is -2.39. The third kappa shape index (κ3) is 4.92. The fraction of sp³-hybridized carbons (Fsp3) is 0.462. The fourth-order valence-corrected chi connectivity index (χ4v) is 2.72. The summed E-state index contributed by atoms with van der Waals surface area (Å²) in [6, 6.07) is 6.01. The molecule has 1 atom stereocenters. The van der Waals surface area contributed by atoms with Crippen molar-refractivity contribution in [3.8, 4) is 0 Å². The predicted molar refractivity (Wildman–Crippen MR) is 77.6 cm³/mol. The van der Waals surface area contributed by atoms with E-state index in [0.29, 0.717) is 12.8 Å². The number of nitrogens with two attached hydrogens (primary N) is 1. The zero-order valence-corrected chi connectivity index (χ0v) is 12.5. The molecule has 7 heteroatoms. The smallest absolute Gasteiger partial charge is 0.240 e. The van der Waals surface area contributed by atoms with Crippen molar-refractivity contribution in [2.24, 2.45) is 5.73 Å². The first-order valence-corrected chi connectivity index (χ1v) is 7.88. The first-order valence-electron chi connectivity index (χ1n) is 6.40. The summed E-state index contributed by atoms with van der Waals surface area (Å²) in [4.78, 5) is 11.4. The van der Waals surface area contributed by atoms with Crippen LogP contribution in [0.4, 0.5) is 0 Å². The summed E-state index contributed by atoms with van der Waals surface area (Å²) in [5, 5.41) is 2.45. The van der Waals surface area contributed by atoms with Crippen molar-refractivity contribution in [1.82, 2.24) is 10.0 Å². The molecule has 1 aromatic carbocycles. The molecule has 0 aliphatic carbocycles. The zero-order valence-electron chi connectivity index (χ0n) is 11.7. The molecule has 4 N–H and O–H groups in total. The van der Waals surface area contributed by atoms with Crippen LogP contribution in [-0.2, 0) is 14.8 Å². The lowest BCUT2D eigenvalue weighted by molar-refractivity contribution is -0.122. The number of carbonyl (C=O) groups is 1. The molecule has 0 radical (unpaired) electrons. The van der Waals surface area contributed by atoms with Crippen LogP contribution < -0.4 is 15.8 Å². The minimum absolute atomic E-state index is 0.235. The van der Waals surface area contributed by atoms with Gasteiger partial charge in [-0.05, 0) is 31.9 Å². The van der Waals surface area contributed by atoms with Gasteiger partial charge in [0.2, 0.25) is 15.9 Å². The molecule has 0 unspecified atom stereocenters. The van der Waals surface area contributed by atoms with E-state index in [-0.39, 0.29) is 17.3 Å². The Kier molecular flexibility index (Phi) is 6.12. The molecule has 1 rings (SSSR count). The van der Waals surface area contributed by atoms with Gasteiger partial charge in [-0.3, -0.25) is 4.79 Å². The minimum atomic E-state index is -3.49. The Morgan fingerprint density at radius 2 is 1.90 bits per heavy atom. The van der Waals surface area contributed by atoms with Gasteiger partial charge in [0, 0.05) is 13.6 Å². The summed E-state index contributed by atoms with van der Waals surface area (Å²) < 4.78 is 26.4. The number of sulfonamides is 1. The summed E-state index contributed by atoms with van der Waals surface area (Å²) >= 11 is 0. The van der Waals surface area contributed by atoms with E-state index in [0.717, 1.165) is 5.56 Å². The van der Waals surface area contributed by atoms with Crippen LogP contribution in [-0.4, -0.2) is 34.0 Å². The van der Waals surface area contributed by atoms with Crippen molar-refractivity contribution in [2.75, 3.05) is 13.6 Å². The van der Waals surface area contributed by atoms with Crippen molar-refractivity contribution in [3.63, 3.8) is 0 Å². The molecule has 20 heavy (non-hydrogen) atoms. The van der Waals surface area contributed by atoms with Crippen molar-refractivity contribution in [3.05, 3.63) is 29.8 Å². The van der Waals surface area contributed by atoms with Crippen LogP contribution in [0.5, 0.6) is 0 Å². The van der Waals surface area contributed by atoms with E-state index in [1.165, 1.54) is 7.05 Å². The number of amides is 1. The van der Waals surface area contributed by atoms with E-state index in [1.807, 2.05) is 6.92 Å². The number of likely N-dealkylation sites (N-methyl/N-ethyl adjacent to an activating group) is 1. The van der Waals surface area contributed by atoms with Crippen LogP contribution in [0.15, 0.2) is 29.2 Å². The number of rotatable bonds is 7. The maximum atomic E-state index is 12.0. The topological polar surface area (TPSA) is 101 Å². The molecule has 1 amide bonds.